The summed E-state index contributed by atoms with van der Waals surface area (Å²) in [6.45, 7) is 2.08. The first-order valence-corrected chi connectivity index (χ1v) is 9.59. The van der Waals surface area contributed by atoms with Crippen molar-refractivity contribution in [1.29, 1.82) is 0 Å². The van der Waals surface area contributed by atoms with Crippen LogP contribution in [-0.2, 0) is 5.75 Å². The molecule has 5 nitrogen and oxygen atoms in total. The van der Waals surface area contributed by atoms with E-state index in [0.717, 1.165) is 20.1 Å². The summed E-state index contributed by atoms with van der Waals surface area (Å²) in [5.41, 5.74) is 1.17. The number of aromatic nitrogens is 4. The minimum Gasteiger partial charge on any atom is -0.269 e. The van der Waals surface area contributed by atoms with Crippen molar-refractivity contribution in [1.82, 2.24) is 19.6 Å². The molecular weight excluding hydrogens is 360 g/mol. The Morgan fingerprint density at radius 2 is 2.05 bits per heavy atom. The van der Waals surface area contributed by atoms with E-state index >= 15 is 0 Å². The van der Waals surface area contributed by atoms with Crippen LogP contribution in [0.3, 0.4) is 0 Å². The van der Waals surface area contributed by atoms with Gasteiger partial charge in [0.1, 0.15) is 5.65 Å². The largest absolute Gasteiger partial charge is 0.269 e. The van der Waals surface area contributed by atoms with Crippen LogP contribution in [0.1, 0.15) is 12.6 Å². The highest BCUT2D eigenvalue weighted by Gasteiger charge is 2.08. The summed E-state index contributed by atoms with van der Waals surface area (Å²) in [5, 5.41) is 8.74. The van der Waals surface area contributed by atoms with Crippen LogP contribution in [0.15, 0.2) is 37.9 Å². The molecule has 9 heteroatoms. The van der Waals surface area contributed by atoms with Crippen LogP contribution in [0.4, 0.5) is 0 Å². The van der Waals surface area contributed by atoms with Gasteiger partial charge in [-0.15, -0.1) is 10.2 Å². The molecule has 3 aromatic heterocycles. The number of hydrogen-bond donors (Lipinski definition) is 0. The lowest BCUT2D eigenvalue weighted by Crippen LogP contribution is -2.14. The van der Waals surface area contributed by atoms with Crippen LogP contribution < -0.4 is 5.56 Å². The predicted molar refractivity (Wildman–Crippen MR) is 92.3 cm³/mol. The molecule has 3 rings (SSSR count). The van der Waals surface area contributed by atoms with Gasteiger partial charge in [-0.3, -0.25) is 9.20 Å². The zero-order chi connectivity index (χ0) is 15.5. The van der Waals surface area contributed by atoms with Gasteiger partial charge >= 0.3 is 0 Å². The highest BCUT2D eigenvalue weighted by atomic mass is 35.5. The Morgan fingerprint density at radius 3 is 2.82 bits per heavy atom. The fourth-order valence-electron chi connectivity index (χ4n) is 1.77. The second-order valence-electron chi connectivity index (χ2n) is 4.22. The van der Waals surface area contributed by atoms with E-state index in [4.69, 9.17) is 11.6 Å². The van der Waals surface area contributed by atoms with Crippen molar-refractivity contribution < 1.29 is 0 Å². The summed E-state index contributed by atoms with van der Waals surface area (Å²) < 4.78 is 3.29. The zero-order valence-corrected chi connectivity index (χ0v) is 14.7. The van der Waals surface area contributed by atoms with E-state index in [0.29, 0.717) is 16.4 Å². The summed E-state index contributed by atoms with van der Waals surface area (Å²) in [6.07, 6.45) is 1.57. The quantitative estimate of drug-likeness (QED) is 0.639. The van der Waals surface area contributed by atoms with Crippen molar-refractivity contribution in [2.24, 2.45) is 0 Å². The van der Waals surface area contributed by atoms with Gasteiger partial charge in [-0.1, -0.05) is 53.4 Å². The van der Waals surface area contributed by atoms with Crippen LogP contribution in [0.25, 0.3) is 5.65 Å². The van der Waals surface area contributed by atoms with Gasteiger partial charge in [-0.2, -0.15) is 0 Å². The van der Waals surface area contributed by atoms with Crippen molar-refractivity contribution in [3.63, 3.8) is 0 Å². The molecule has 22 heavy (non-hydrogen) atoms. The fourth-order valence-corrected chi connectivity index (χ4v) is 4.74. The van der Waals surface area contributed by atoms with Gasteiger partial charge in [0.25, 0.3) is 5.56 Å². The van der Waals surface area contributed by atoms with Gasteiger partial charge in [0, 0.05) is 18.0 Å². The molecule has 0 bridgehead atoms. The lowest BCUT2D eigenvalue weighted by molar-refractivity contribution is 0.953. The predicted octanol–water partition coefficient (Wildman–Crippen LogP) is 3.60. The molecule has 0 spiro atoms. The van der Waals surface area contributed by atoms with E-state index in [2.05, 4.69) is 22.1 Å². The fraction of sp³-hybridized carbons (Fsp3) is 0.231. The lowest BCUT2D eigenvalue weighted by Gasteiger charge is -2.03. The maximum Gasteiger partial charge on any atom is 0.258 e. The molecule has 0 amide bonds. The van der Waals surface area contributed by atoms with E-state index in [1.807, 2.05) is 0 Å². The van der Waals surface area contributed by atoms with Crippen LogP contribution in [0.5, 0.6) is 0 Å². The third kappa shape index (κ3) is 3.62. The van der Waals surface area contributed by atoms with E-state index in [9.17, 15) is 4.79 Å². The van der Waals surface area contributed by atoms with Gasteiger partial charge < -0.3 is 0 Å². The Kier molecular flexibility index (Phi) is 5.02. The standard InChI is InChI=1S/C13H11ClN4OS3/c1-2-20-12-16-17-13(22-12)21-7-9-5-11(19)18-6-8(14)3-4-10(18)15-9/h3-6H,2,7H2,1H3. The van der Waals surface area contributed by atoms with Gasteiger partial charge in [0.15, 0.2) is 8.68 Å². The Morgan fingerprint density at radius 1 is 1.27 bits per heavy atom. The number of nitrogens with zero attached hydrogens (tertiary/aromatic N) is 4. The molecule has 0 unspecified atom stereocenters. The molecule has 0 atom stereocenters. The molecule has 0 aliphatic rings. The van der Waals surface area contributed by atoms with Crippen LogP contribution in [0.2, 0.25) is 5.02 Å². The van der Waals surface area contributed by atoms with E-state index in [-0.39, 0.29) is 5.56 Å². The Labute approximate surface area is 144 Å². The van der Waals surface area contributed by atoms with Crippen molar-refractivity contribution in [3.05, 3.63) is 45.5 Å². The van der Waals surface area contributed by atoms with Crippen LogP contribution in [0, 0.1) is 0 Å². The molecular formula is C13H11ClN4OS3. The number of rotatable bonds is 5. The normalized spacial score (nSPS) is 11.2. The summed E-state index contributed by atoms with van der Waals surface area (Å²) in [4.78, 5) is 16.5. The maximum atomic E-state index is 12.1. The second-order valence-corrected chi connectivity index (χ2v) is 8.36. The smallest absolute Gasteiger partial charge is 0.258 e. The summed E-state index contributed by atoms with van der Waals surface area (Å²) in [6, 6.07) is 4.98. The lowest BCUT2D eigenvalue weighted by atomic mass is 10.4. The first-order chi connectivity index (χ1) is 10.7. The van der Waals surface area contributed by atoms with Crippen molar-refractivity contribution in [3.8, 4) is 0 Å². The average molecular weight is 371 g/mol. The molecule has 3 heterocycles. The highest BCUT2D eigenvalue weighted by molar-refractivity contribution is 8.02. The number of thioether (sulfide) groups is 2. The third-order valence-corrected chi connectivity index (χ3v) is 6.01. The molecule has 3 aromatic rings. The minimum absolute atomic E-state index is 0.136. The van der Waals surface area contributed by atoms with Gasteiger partial charge in [0.05, 0.1) is 10.7 Å². The first kappa shape index (κ1) is 15.8. The molecule has 0 saturated heterocycles. The zero-order valence-electron chi connectivity index (χ0n) is 11.5. The first-order valence-electron chi connectivity index (χ1n) is 6.42. The van der Waals surface area contributed by atoms with E-state index in [1.165, 1.54) is 22.2 Å². The van der Waals surface area contributed by atoms with Gasteiger partial charge in [-0.05, 0) is 17.9 Å². The SMILES string of the molecule is CCSc1nnc(SCc2cc(=O)n3cc(Cl)ccc3n2)s1. The van der Waals surface area contributed by atoms with Gasteiger partial charge in [-0.25, -0.2) is 4.98 Å². The molecule has 0 aromatic carbocycles. The van der Waals surface area contributed by atoms with Crippen molar-refractivity contribution >= 4 is 52.1 Å². The summed E-state index contributed by atoms with van der Waals surface area (Å²) >= 11 is 10.7. The molecule has 0 radical (unpaired) electrons. The summed E-state index contributed by atoms with van der Waals surface area (Å²) in [5.74, 6) is 1.56. The number of hydrogen-bond acceptors (Lipinski definition) is 7. The Balaban J connectivity index is 1.78. The Bertz CT molecular complexity index is 864. The minimum atomic E-state index is -0.136. The topological polar surface area (TPSA) is 60.2 Å². The monoisotopic (exact) mass is 370 g/mol. The maximum absolute atomic E-state index is 12.1. The van der Waals surface area contributed by atoms with E-state index < -0.39 is 0 Å². The highest BCUT2D eigenvalue weighted by Crippen LogP contribution is 2.30. The molecule has 0 saturated carbocycles. The second kappa shape index (κ2) is 6.99. The van der Waals surface area contributed by atoms with Crippen LogP contribution in [-0.4, -0.2) is 25.3 Å². The number of halogens is 1. The molecule has 0 aliphatic heterocycles. The van der Waals surface area contributed by atoms with Crippen molar-refractivity contribution in [2.75, 3.05) is 5.75 Å². The molecule has 0 N–H and O–H groups in total. The van der Waals surface area contributed by atoms with Crippen LogP contribution >= 0.6 is 46.5 Å². The van der Waals surface area contributed by atoms with E-state index in [1.54, 1.807) is 41.4 Å². The number of fused-ring (bicyclic) bond motifs is 1. The van der Waals surface area contributed by atoms with Crippen molar-refractivity contribution in [2.45, 2.75) is 21.4 Å². The number of pyridine rings is 1. The molecule has 0 aliphatic carbocycles. The van der Waals surface area contributed by atoms with Gasteiger partial charge in [0.2, 0.25) is 0 Å². The molecule has 0 fully saturated rings. The summed E-state index contributed by atoms with van der Waals surface area (Å²) in [7, 11) is 0. The third-order valence-electron chi connectivity index (χ3n) is 2.68. The average Bonchev–Trinajstić information content (AvgIpc) is 2.94. The molecule has 114 valence electrons. The Hall–Kier alpha value is -1.09.